The van der Waals surface area contributed by atoms with Gasteiger partial charge in [-0.2, -0.15) is 0 Å². The Balaban J connectivity index is 2.27. The minimum atomic E-state index is -0.378. The number of nitrogens with one attached hydrogen (secondary N) is 1. The smallest absolute Gasteiger partial charge is 0.246 e. The summed E-state index contributed by atoms with van der Waals surface area (Å²) in [5.74, 6) is -0.0531. The highest BCUT2D eigenvalue weighted by Crippen LogP contribution is 2.22. The van der Waals surface area contributed by atoms with Crippen LogP contribution in [-0.2, 0) is 15.1 Å². The molecule has 1 amide bonds. The lowest BCUT2D eigenvalue weighted by molar-refractivity contribution is -0.135. The first-order valence-electron chi connectivity index (χ1n) is 4.65. The highest BCUT2D eigenvalue weighted by atomic mass is 16.5. The summed E-state index contributed by atoms with van der Waals surface area (Å²) in [6.45, 7) is 2.67. The Morgan fingerprint density at radius 1 is 1.36 bits per heavy atom. The van der Waals surface area contributed by atoms with Crippen LogP contribution in [0.2, 0.25) is 0 Å². The van der Waals surface area contributed by atoms with Crippen LogP contribution in [0.1, 0.15) is 12.5 Å². The first-order valence-corrected chi connectivity index (χ1v) is 4.65. The molecule has 0 aromatic heterocycles. The fraction of sp³-hybridized carbons (Fsp3) is 0.364. The van der Waals surface area contributed by atoms with Crippen LogP contribution in [0.4, 0.5) is 0 Å². The molecule has 1 fully saturated rings. The molecule has 1 aromatic rings. The van der Waals surface area contributed by atoms with Gasteiger partial charge < -0.3 is 10.1 Å². The zero-order chi connectivity index (χ0) is 10.0. The summed E-state index contributed by atoms with van der Waals surface area (Å²) in [7, 11) is 0. The summed E-state index contributed by atoms with van der Waals surface area (Å²) in [6, 6.07) is 9.87. The van der Waals surface area contributed by atoms with E-state index in [4.69, 9.17) is 4.74 Å². The van der Waals surface area contributed by atoms with Crippen LogP contribution in [0.15, 0.2) is 30.3 Å². The van der Waals surface area contributed by atoms with Gasteiger partial charge >= 0.3 is 0 Å². The molecule has 0 aliphatic carbocycles. The molecule has 0 saturated carbocycles. The molecular weight excluding hydrogens is 178 g/mol. The number of rotatable bonds is 1. The van der Waals surface area contributed by atoms with Crippen molar-refractivity contribution in [2.45, 2.75) is 12.5 Å². The molecule has 1 aliphatic rings. The number of benzene rings is 1. The molecule has 0 radical (unpaired) electrons. The van der Waals surface area contributed by atoms with Crippen molar-refractivity contribution in [3.8, 4) is 0 Å². The van der Waals surface area contributed by atoms with E-state index in [2.05, 4.69) is 5.32 Å². The monoisotopic (exact) mass is 191 g/mol. The van der Waals surface area contributed by atoms with E-state index in [0.29, 0.717) is 6.61 Å². The molecule has 2 rings (SSSR count). The molecule has 1 aliphatic heterocycles. The number of hydrogen-bond donors (Lipinski definition) is 1. The Hall–Kier alpha value is -1.35. The third-order valence-electron chi connectivity index (χ3n) is 2.45. The van der Waals surface area contributed by atoms with Gasteiger partial charge in [-0.15, -0.1) is 0 Å². The van der Waals surface area contributed by atoms with E-state index in [9.17, 15) is 4.79 Å². The van der Waals surface area contributed by atoms with Crippen molar-refractivity contribution in [3.05, 3.63) is 35.9 Å². The highest BCUT2D eigenvalue weighted by Gasteiger charge is 2.32. The molecule has 1 aromatic carbocycles. The van der Waals surface area contributed by atoms with Crippen molar-refractivity contribution in [1.82, 2.24) is 5.32 Å². The van der Waals surface area contributed by atoms with E-state index in [1.54, 1.807) is 0 Å². The second-order valence-corrected chi connectivity index (χ2v) is 3.74. The van der Waals surface area contributed by atoms with Gasteiger partial charge in [0.15, 0.2) is 0 Å². The summed E-state index contributed by atoms with van der Waals surface area (Å²) >= 11 is 0. The number of carbonyl (C=O) groups excluding carboxylic acids is 1. The molecule has 0 bridgehead atoms. The van der Waals surface area contributed by atoms with Crippen LogP contribution in [0.3, 0.4) is 0 Å². The zero-order valence-corrected chi connectivity index (χ0v) is 8.12. The fourth-order valence-corrected chi connectivity index (χ4v) is 1.69. The minimum absolute atomic E-state index is 0.0531. The van der Waals surface area contributed by atoms with Crippen molar-refractivity contribution in [1.29, 1.82) is 0 Å². The molecule has 14 heavy (non-hydrogen) atoms. The van der Waals surface area contributed by atoms with Gasteiger partial charge in [0.2, 0.25) is 5.91 Å². The summed E-state index contributed by atoms with van der Waals surface area (Å²) < 4.78 is 5.24. The summed E-state index contributed by atoms with van der Waals surface area (Å²) in [5, 5.41) is 2.95. The average molecular weight is 191 g/mol. The topological polar surface area (TPSA) is 38.3 Å². The van der Waals surface area contributed by atoms with Gasteiger partial charge in [0.25, 0.3) is 0 Å². The Bertz CT molecular complexity index is 336. The second-order valence-electron chi connectivity index (χ2n) is 3.74. The zero-order valence-electron chi connectivity index (χ0n) is 8.12. The van der Waals surface area contributed by atoms with Gasteiger partial charge in [0, 0.05) is 0 Å². The Morgan fingerprint density at radius 2 is 2.07 bits per heavy atom. The maximum absolute atomic E-state index is 11.2. The van der Waals surface area contributed by atoms with Gasteiger partial charge in [-0.3, -0.25) is 4.79 Å². The van der Waals surface area contributed by atoms with Crippen molar-refractivity contribution in [2.75, 3.05) is 13.2 Å². The fourth-order valence-electron chi connectivity index (χ4n) is 1.69. The lowest BCUT2D eigenvalue weighted by atomic mass is 9.92. The van der Waals surface area contributed by atoms with Gasteiger partial charge in [-0.25, -0.2) is 0 Å². The molecular formula is C11H13NO2. The maximum atomic E-state index is 11.2. The van der Waals surface area contributed by atoms with Crippen LogP contribution >= 0.6 is 0 Å². The van der Waals surface area contributed by atoms with E-state index in [-0.39, 0.29) is 18.1 Å². The number of amides is 1. The average Bonchev–Trinajstić information content (AvgIpc) is 2.19. The van der Waals surface area contributed by atoms with Crippen LogP contribution in [-0.4, -0.2) is 19.1 Å². The standard InChI is InChI=1S/C11H13NO2/c1-11(8-14-7-10(13)12-11)9-5-3-2-4-6-9/h2-6H,7-8H2,1H3,(H,12,13)/t11-/m0/s1. The van der Waals surface area contributed by atoms with Crippen LogP contribution < -0.4 is 5.32 Å². The first kappa shape index (κ1) is 9.21. The van der Waals surface area contributed by atoms with Crippen molar-refractivity contribution in [2.24, 2.45) is 0 Å². The largest absolute Gasteiger partial charge is 0.369 e. The van der Waals surface area contributed by atoms with E-state index in [1.165, 1.54) is 0 Å². The third kappa shape index (κ3) is 1.63. The van der Waals surface area contributed by atoms with Crippen molar-refractivity contribution in [3.63, 3.8) is 0 Å². The highest BCUT2D eigenvalue weighted by molar-refractivity contribution is 5.79. The summed E-state index contributed by atoms with van der Waals surface area (Å²) in [4.78, 5) is 11.2. The third-order valence-corrected chi connectivity index (χ3v) is 2.45. The number of hydrogen-bond acceptors (Lipinski definition) is 2. The lowest BCUT2D eigenvalue weighted by Crippen LogP contribution is -2.52. The molecule has 0 unspecified atom stereocenters. The normalized spacial score (nSPS) is 27.1. The van der Waals surface area contributed by atoms with Crippen molar-refractivity contribution >= 4 is 5.91 Å². The number of carbonyl (C=O) groups is 1. The maximum Gasteiger partial charge on any atom is 0.246 e. The van der Waals surface area contributed by atoms with Crippen LogP contribution in [0.5, 0.6) is 0 Å². The predicted octanol–water partition coefficient (Wildman–Crippen LogP) is 1.05. The molecule has 74 valence electrons. The van der Waals surface area contributed by atoms with Gasteiger partial charge in [0.1, 0.15) is 6.61 Å². The lowest BCUT2D eigenvalue weighted by Gasteiger charge is -2.34. The van der Waals surface area contributed by atoms with Crippen LogP contribution in [0, 0.1) is 0 Å². The molecule has 1 N–H and O–H groups in total. The van der Waals surface area contributed by atoms with E-state index >= 15 is 0 Å². The summed E-state index contributed by atoms with van der Waals surface area (Å²) in [5.41, 5.74) is 0.699. The van der Waals surface area contributed by atoms with E-state index in [1.807, 2.05) is 37.3 Å². The second kappa shape index (κ2) is 3.42. The minimum Gasteiger partial charge on any atom is -0.369 e. The molecule has 3 heteroatoms. The number of ether oxygens (including phenoxy) is 1. The Kier molecular flexibility index (Phi) is 2.25. The Labute approximate surface area is 83.1 Å². The quantitative estimate of drug-likeness (QED) is 0.720. The molecule has 1 saturated heterocycles. The van der Waals surface area contributed by atoms with Gasteiger partial charge in [-0.1, -0.05) is 30.3 Å². The SMILES string of the molecule is C[C@@]1(c2ccccc2)COCC(=O)N1. The molecule has 0 spiro atoms. The van der Waals surface area contributed by atoms with Gasteiger partial charge in [0.05, 0.1) is 12.1 Å². The number of morpholine rings is 1. The molecule has 1 atom stereocenters. The van der Waals surface area contributed by atoms with E-state index < -0.39 is 0 Å². The van der Waals surface area contributed by atoms with Gasteiger partial charge in [-0.05, 0) is 12.5 Å². The predicted molar refractivity (Wildman–Crippen MR) is 52.8 cm³/mol. The molecule has 1 heterocycles. The first-order chi connectivity index (χ1) is 6.71. The van der Waals surface area contributed by atoms with Crippen molar-refractivity contribution < 1.29 is 9.53 Å². The summed E-state index contributed by atoms with van der Waals surface area (Å²) in [6.07, 6.45) is 0. The van der Waals surface area contributed by atoms with Crippen LogP contribution in [0.25, 0.3) is 0 Å². The molecule has 3 nitrogen and oxygen atoms in total. The van der Waals surface area contributed by atoms with E-state index in [0.717, 1.165) is 5.56 Å². The Morgan fingerprint density at radius 3 is 2.71 bits per heavy atom.